The maximum Gasteiger partial charge on any atom is 0.328 e. The highest BCUT2D eigenvalue weighted by Gasteiger charge is 2.13. The average molecular weight is 320 g/mol. The normalized spacial score (nSPS) is 12.1. The molecular weight excluding hydrogens is 300 g/mol. The van der Waals surface area contributed by atoms with Crippen molar-refractivity contribution in [3.05, 3.63) is 65.9 Å². The third-order valence-electron chi connectivity index (χ3n) is 3.94. The first-order chi connectivity index (χ1) is 11.3. The molecule has 0 aliphatic rings. The first-order valence-electron chi connectivity index (χ1n) is 7.84. The number of rotatable bonds is 3. The van der Waals surface area contributed by atoms with Gasteiger partial charge in [0, 0.05) is 17.7 Å². The summed E-state index contributed by atoms with van der Waals surface area (Å²) in [5, 5.41) is 14.3. The van der Waals surface area contributed by atoms with Crippen LogP contribution in [-0.4, -0.2) is 20.9 Å². The van der Waals surface area contributed by atoms with Crippen molar-refractivity contribution in [3.8, 4) is 5.69 Å². The molecule has 1 N–H and O–H groups in total. The molecule has 0 aliphatic carbocycles. The van der Waals surface area contributed by atoms with Crippen molar-refractivity contribution in [2.45, 2.75) is 26.2 Å². The Kier molecular flexibility index (Phi) is 3.97. The van der Waals surface area contributed by atoms with Crippen molar-refractivity contribution in [1.82, 2.24) is 9.78 Å². The van der Waals surface area contributed by atoms with Crippen LogP contribution in [0.3, 0.4) is 0 Å². The lowest BCUT2D eigenvalue weighted by atomic mass is 9.87. The summed E-state index contributed by atoms with van der Waals surface area (Å²) < 4.78 is 1.85. The van der Waals surface area contributed by atoms with E-state index in [1.165, 1.54) is 5.56 Å². The lowest BCUT2D eigenvalue weighted by molar-refractivity contribution is -0.131. The second-order valence-electron chi connectivity index (χ2n) is 6.86. The zero-order chi connectivity index (χ0) is 17.3. The minimum absolute atomic E-state index is 0.124. The molecule has 4 nitrogen and oxygen atoms in total. The van der Waals surface area contributed by atoms with Crippen LogP contribution < -0.4 is 0 Å². The highest BCUT2D eigenvalue weighted by molar-refractivity contribution is 5.87. The summed E-state index contributed by atoms with van der Waals surface area (Å²) >= 11 is 0. The summed E-state index contributed by atoms with van der Waals surface area (Å²) in [7, 11) is 0. The Morgan fingerprint density at radius 1 is 1.12 bits per heavy atom. The van der Waals surface area contributed by atoms with E-state index in [4.69, 9.17) is 5.11 Å². The molecule has 0 fully saturated rings. The number of hydrogen-bond acceptors (Lipinski definition) is 2. The molecule has 0 saturated heterocycles. The second kappa shape index (κ2) is 5.96. The van der Waals surface area contributed by atoms with Gasteiger partial charge in [-0.25, -0.2) is 9.48 Å². The van der Waals surface area contributed by atoms with Crippen molar-refractivity contribution < 1.29 is 9.90 Å². The molecule has 0 amide bonds. The van der Waals surface area contributed by atoms with Crippen LogP contribution in [0.25, 0.3) is 22.7 Å². The van der Waals surface area contributed by atoms with Gasteiger partial charge in [0.1, 0.15) is 0 Å². The van der Waals surface area contributed by atoms with E-state index < -0.39 is 5.97 Å². The Bertz CT molecular complexity index is 913. The van der Waals surface area contributed by atoms with Gasteiger partial charge in [-0.05, 0) is 46.9 Å². The molecule has 0 spiro atoms. The van der Waals surface area contributed by atoms with Gasteiger partial charge in [-0.2, -0.15) is 5.10 Å². The van der Waals surface area contributed by atoms with Crippen molar-refractivity contribution >= 4 is 22.9 Å². The van der Waals surface area contributed by atoms with Crippen LogP contribution in [0.2, 0.25) is 0 Å². The number of nitrogens with zero attached hydrogens (tertiary/aromatic N) is 2. The molecule has 0 aliphatic heterocycles. The molecule has 1 heterocycles. The third kappa shape index (κ3) is 3.38. The van der Waals surface area contributed by atoms with E-state index in [2.05, 4.69) is 50.1 Å². The number of carboxylic acid groups (broad SMARTS) is 1. The zero-order valence-electron chi connectivity index (χ0n) is 14.0. The number of aromatic nitrogens is 2. The van der Waals surface area contributed by atoms with Gasteiger partial charge in [-0.3, -0.25) is 0 Å². The van der Waals surface area contributed by atoms with E-state index in [-0.39, 0.29) is 5.41 Å². The smallest absolute Gasteiger partial charge is 0.328 e. The van der Waals surface area contributed by atoms with Crippen molar-refractivity contribution in [2.24, 2.45) is 0 Å². The van der Waals surface area contributed by atoms with Crippen LogP contribution in [0.5, 0.6) is 0 Å². The standard InChI is InChI=1S/C20H20N2O2/c1-20(2,3)16-6-8-17(9-7-16)22-13-15-12-14(5-11-19(23)24)4-10-18(15)21-22/h4-13H,1-3H3,(H,23,24)/b11-5+. The molecule has 2 aromatic carbocycles. The molecule has 122 valence electrons. The Morgan fingerprint density at radius 2 is 1.83 bits per heavy atom. The van der Waals surface area contributed by atoms with E-state index in [9.17, 15) is 4.79 Å². The summed E-state index contributed by atoms with van der Waals surface area (Å²) in [5.74, 6) is -0.954. The molecule has 24 heavy (non-hydrogen) atoms. The molecule has 1 aromatic heterocycles. The number of aliphatic carboxylic acids is 1. The fraction of sp³-hybridized carbons (Fsp3) is 0.200. The Balaban J connectivity index is 1.94. The summed E-state index contributed by atoms with van der Waals surface area (Å²) in [6, 6.07) is 14.1. The van der Waals surface area contributed by atoms with Gasteiger partial charge >= 0.3 is 5.97 Å². The van der Waals surface area contributed by atoms with Crippen molar-refractivity contribution in [2.75, 3.05) is 0 Å². The first kappa shape index (κ1) is 16.0. The minimum Gasteiger partial charge on any atom is -0.478 e. The molecular formula is C20H20N2O2. The van der Waals surface area contributed by atoms with Crippen LogP contribution in [0.15, 0.2) is 54.7 Å². The maximum absolute atomic E-state index is 10.6. The van der Waals surface area contributed by atoms with Gasteiger partial charge in [0.2, 0.25) is 0 Å². The van der Waals surface area contributed by atoms with Crippen LogP contribution in [0.4, 0.5) is 0 Å². The summed E-state index contributed by atoms with van der Waals surface area (Å²) in [6.45, 7) is 6.57. The van der Waals surface area contributed by atoms with E-state index in [1.807, 2.05) is 29.1 Å². The fourth-order valence-electron chi connectivity index (χ4n) is 2.56. The number of benzene rings is 2. The summed E-state index contributed by atoms with van der Waals surface area (Å²) in [4.78, 5) is 10.6. The summed E-state index contributed by atoms with van der Waals surface area (Å²) in [6.07, 6.45) is 4.67. The largest absolute Gasteiger partial charge is 0.478 e. The van der Waals surface area contributed by atoms with Crippen LogP contribution >= 0.6 is 0 Å². The molecule has 4 heteroatoms. The second-order valence-corrected chi connectivity index (χ2v) is 6.86. The highest BCUT2D eigenvalue weighted by atomic mass is 16.4. The van der Waals surface area contributed by atoms with Gasteiger partial charge < -0.3 is 5.11 Å². The number of carbonyl (C=O) groups is 1. The molecule has 3 aromatic rings. The van der Waals surface area contributed by atoms with Gasteiger partial charge in [0.05, 0.1) is 11.2 Å². The monoisotopic (exact) mass is 320 g/mol. The lowest BCUT2D eigenvalue weighted by Crippen LogP contribution is -2.10. The Hall–Kier alpha value is -2.88. The maximum atomic E-state index is 10.6. The van der Waals surface area contributed by atoms with Crippen LogP contribution in [0.1, 0.15) is 31.9 Å². The number of carboxylic acids is 1. The van der Waals surface area contributed by atoms with E-state index in [1.54, 1.807) is 6.08 Å². The number of hydrogen-bond donors (Lipinski definition) is 1. The van der Waals surface area contributed by atoms with E-state index in [0.717, 1.165) is 28.2 Å². The number of fused-ring (bicyclic) bond motifs is 1. The van der Waals surface area contributed by atoms with Crippen molar-refractivity contribution in [3.63, 3.8) is 0 Å². The Morgan fingerprint density at radius 3 is 2.46 bits per heavy atom. The molecule has 3 rings (SSSR count). The quantitative estimate of drug-likeness (QED) is 0.727. The average Bonchev–Trinajstić information content (AvgIpc) is 2.95. The Labute approximate surface area is 141 Å². The van der Waals surface area contributed by atoms with Gasteiger partial charge in [-0.15, -0.1) is 0 Å². The van der Waals surface area contributed by atoms with E-state index >= 15 is 0 Å². The van der Waals surface area contributed by atoms with Gasteiger partial charge in [-0.1, -0.05) is 39.0 Å². The highest BCUT2D eigenvalue weighted by Crippen LogP contribution is 2.24. The van der Waals surface area contributed by atoms with Crippen LogP contribution in [-0.2, 0) is 10.2 Å². The predicted octanol–water partition coefficient (Wildman–Crippen LogP) is 4.42. The fourth-order valence-corrected chi connectivity index (χ4v) is 2.56. The van der Waals surface area contributed by atoms with Crippen molar-refractivity contribution in [1.29, 1.82) is 0 Å². The molecule has 0 unspecified atom stereocenters. The topological polar surface area (TPSA) is 55.1 Å². The third-order valence-corrected chi connectivity index (χ3v) is 3.94. The van der Waals surface area contributed by atoms with Gasteiger partial charge in [0.25, 0.3) is 0 Å². The van der Waals surface area contributed by atoms with E-state index in [0.29, 0.717) is 0 Å². The first-order valence-corrected chi connectivity index (χ1v) is 7.84. The SMILES string of the molecule is CC(C)(C)c1ccc(-n2cc3cc(/C=C/C(=O)O)ccc3n2)cc1. The van der Waals surface area contributed by atoms with Gasteiger partial charge in [0.15, 0.2) is 0 Å². The van der Waals surface area contributed by atoms with Crippen LogP contribution in [0, 0.1) is 0 Å². The summed E-state index contributed by atoms with van der Waals surface area (Å²) in [5.41, 5.74) is 4.12. The molecule has 0 saturated carbocycles. The molecule has 0 bridgehead atoms. The molecule has 0 atom stereocenters. The zero-order valence-corrected chi connectivity index (χ0v) is 14.0. The lowest BCUT2D eigenvalue weighted by Gasteiger charge is -2.19. The minimum atomic E-state index is -0.954. The predicted molar refractivity (Wildman–Crippen MR) is 96.4 cm³/mol. The molecule has 0 radical (unpaired) electrons.